The number of carboxylic acids is 1. The molecule has 0 saturated carbocycles. The molecule has 0 fully saturated rings. The van der Waals surface area contributed by atoms with Crippen LogP contribution in [0.3, 0.4) is 0 Å². The van der Waals surface area contributed by atoms with Crippen molar-refractivity contribution in [2.45, 2.75) is 149 Å². The molecule has 0 bridgehead atoms. The van der Waals surface area contributed by atoms with Gasteiger partial charge in [-0.3, -0.25) is 4.79 Å². The van der Waals surface area contributed by atoms with Crippen molar-refractivity contribution in [2.24, 2.45) is 5.41 Å². The Hall–Kier alpha value is -1.51. The Morgan fingerprint density at radius 3 is 1.53 bits per heavy atom. The molecule has 1 aromatic carbocycles. The summed E-state index contributed by atoms with van der Waals surface area (Å²) < 4.78 is 0. The summed E-state index contributed by atoms with van der Waals surface area (Å²) in [5, 5.41) is 19.8. The molecule has 1 aromatic rings. The van der Waals surface area contributed by atoms with E-state index >= 15 is 0 Å². The van der Waals surface area contributed by atoms with Crippen LogP contribution in [0.5, 0.6) is 5.75 Å². The highest BCUT2D eigenvalue weighted by Crippen LogP contribution is 2.44. The van der Waals surface area contributed by atoms with Crippen LogP contribution in [0.25, 0.3) is 0 Å². The fourth-order valence-electron chi connectivity index (χ4n) is 5.25. The largest absolute Gasteiger partial charge is 0.508 e. The van der Waals surface area contributed by atoms with Gasteiger partial charge in [-0.25, -0.2) is 0 Å². The molecule has 2 unspecified atom stereocenters. The molecule has 196 valence electrons. The molecular weight excluding hydrogens is 420 g/mol. The van der Waals surface area contributed by atoms with Gasteiger partial charge in [-0.05, 0) is 43.4 Å². The van der Waals surface area contributed by atoms with Crippen molar-refractivity contribution in [3.63, 3.8) is 0 Å². The van der Waals surface area contributed by atoms with Gasteiger partial charge >= 0.3 is 5.97 Å². The molecule has 0 saturated heterocycles. The molecule has 3 nitrogen and oxygen atoms in total. The number of phenols is 1. The normalized spacial score (nSPS) is 14.1. The number of phenolic OH excluding ortho intramolecular Hbond substituents is 1. The second-order valence-electron chi connectivity index (χ2n) is 10.7. The lowest BCUT2D eigenvalue weighted by Crippen LogP contribution is -2.34. The quantitative estimate of drug-likeness (QED) is 0.164. The van der Waals surface area contributed by atoms with Crippen LogP contribution in [0.4, 0.5) is 0 Å². The fourth-order valence-corrected chi connectivity index (χ4v) is 5.25. The van der Waals surface area contributed by atoms with E-state index in [1.54, 1.807) is 12.1 Å². The zero-order chi connectivity index (χ0) is 25.1. The minimum atomic E-state index is -0.761. The van der Waals surface area contributed by atoms with Gasteiger partial charge in [0.25, 0.3) is 0 Å². The van der Waals surface area contributed by atoms with Crippen LogP contribution in [0.15, 0.2) is 24.3 Å². The number of hydrogen-bond acceptors (Lipinski definition) is 2. The van der Waals surface area contributed by atoms with E-state index in [0.29, 0.717) is 6.42 Å². The molecule has 0 aliphatic heterocycles. The summed E-state index contributed by atoms with van der Waals surface area (Å²) in [5.74, 6) is -0.473. The zero-order valence-electron chi connectivity index (χ0n) is 22.6. The zero-order valence-corrected chi connectivity index (χ0v) is 22.6. The van der Waals surface area contributed by atoms with Crippen molar-refractivity contribution in [1.29, 1.82) is 0 Å². The molecular formula is C31H54O3. The summed E-state index contributed by atoms with van der Waals surface area (Å²) in [5.41, 5.74) is 0.285. The maximum atomic E-state index is 12.3. The average molecular weight is 475 g/mol. The number of carboxylic acid groups (broad SMARTS) is 1. The van der Waals surface area contributed by atoms with Crippen molar-refractivity contribution >= 4 is 5.97 Å². The maximum absolute atomic E-state index is 12.3. The molecule has 0 radical (unpaired) electrons. The van der Waals surface area contributed by atoms with Crippen molar-refractivity contribution in [2.75, 3.05) is 0 Å². The highest BCUT2D eigenvalue weighted by atomic mass is 16.4. The predicted octanol–water partition coefficient (Wildman–Crippen LogP) is 10.0. The van der Waals surface area contributed by atoms with Gasteiger partial charge in [0.05, 0.1) is 5.41 Å². The molecule has 0 aliphatic carbocycles. The second-order valence-corrected chi connectivity index (χ2v) is 10.7. The third-order valence-corrected chi connectivity index (χ3v) is 7.70. The monoisotopic (exact) mass is 474 g/mol. The summed E-state index contributed by atoms with van der Waals surface area (Å²) in [7, 11) is 0. The van der Waals surface area contributed by atoms with Gasteiger partial charge in [-0.2, -0.15) is 0 Å². The van der Waals surface area contributed by atoms with E-state index < -0.39 is 11.4 Å². The van der Waals surface area contributed by atoms with E-state index in [2.05, 4.69) is 13.8 Å². The average Bonchev–Trinajstić information content (AvgIpc) is 2.83. The molecule has 3 heteroatoms. The first-order valence-corrected chi connectivity index (χ1v) is 14.5. The van der Waals surface area contributed by atoms with Gasteiger partial charge in [0.15, 0.2) is 0 Å². The van der Waals surface area contributed by atoms with Crippen LogP contribution in [0.2, 0.25) is 0 Å². The summed E-state index contributed by atoms with van der Waals surface area (Å²) in [6, 6.07) is 7.21. The van der Waals surface area contributed by atoms with Crippen molar-refractivity contribution in [3.8, 4) is 5.75 Å². The van der Waals surface area contributed by atoms with E-state index in [4.69, 9.17) is 0 Å². The Bertz CT molecular complexity index is 624. The minimum Gasteiger partial charge on any atom is -0.508 e. The van der Waals surface area contributed by atoms with Crippen LogP contribution in [0, 0.1) is 5.41 Å². The Labute approximate surface area is 210 Å². The van der Waals surface area contributed by atoms with E-state index in [1.807, 2.05) is 19.1 Å². The summed E-state index contributed by atoms with van der Waals surface area (Å²) in [4.78, 5) is 12.3. The lowest BCUT2D eigenvalue weighted by molar-refractivity contribution is -0.150. The van der Waals surface area contributed by atoms with Crippen LogP contribution in [-0.4, -0.2) is 16.2 Å². The van der Waals surface area contributed by atoms with E-state index in [1.165, 1.54) is 89.9 Å². The van der Waals surface area contributed by atoms with Crippen LogP contribution >= 0.6 is 0 Å². The molecule has 0 aromatic heterocycles. The first-order chi connectivity index (χ1) is 16.5. The van der Waals surface area contributed by atoms with Crippen LogP contribution < -0.4 is 0 Å². The number of benzene rings is 1. The number of hydrogen-bond donors (Lipinski definition) is 2. The van der Waals surface area contributed by atoms with Crippen molar-refractivity contribution < 1.29 is 15.0 Å². The van der Waals surface area contributed by atoms with Crippen LogP contribution in [-0.2, 0) is 4.79 Å². The number of aliphatic carboxylic acids is 1. The van der Waals surface area contributed by atoms with Crippen LogP contribution in [0.1, 0.15) is 154 Å². The topological polar surface area (TPSA) is 57.5 Å². The van der Waals surface area contributed by atoms with Crippen molar-refractivity contribution in [3.05, 3.63) is 29.8 Å². The number of aromatic hydroxyl groups is 1. The van der Waals surface area contributed by atoms with Gasteiger partial charge in [-0.1, -0.05) is 135 Å². The standard InChI is InChI=1S/C31H54O3/c1-4-6-8-9-10-11-12-13-14-15-16-17-18-19-20-21-29(27-22-24-28(32)25-23-27)31(3,30(33)34)26-7-5-2/h22-25,29,32H,4-21,26H2,1-3H3,(H,33,34). The number of carbonyl (C=O) groups is 1. The molecule has 2 N–H and O–H groups in total. The van der Waals surface area contributed by atoms with E-state index in [9.17, 15) is 15.0 Å². The van der Waals surface area contributed by atoms with Gasteiger partial charge in [0.1, 0.15) is 5.75 Å². The fraction of sp³-hybridized carbons (Fsp3) is 0.774. The lowest BCUT2D eigenvalue weighted by Gasteiger charge is -2.35. The van der Waals surface area contributed by atoms with E-state index in [0.717, 1.165) is 31.2 Å². The van der Waals surface area contributed by atoms with Gasteiger partial charge < -0.3 is 10.2 Å². The molecule has 0 heterocycles. The molecule has 0 spiro atoms. The summed E-state index contributed by atoms with van der Waals surface area (Å²) >= 11 is 0. The van der Waals surface area contributed by atoms with Gasteiger partial charge in [0, 0.05) is 0 Å². The van der Waals surface area contributed by atoms with Gasteiger partial charge in [-0.15, -0.1) is 0 Å². The Morgan fingerprint density at radius 1 is 0.706 bits per heavy atom. The van der Waals surface area contributed by atoms with Gasteiger partial charge in [0.2, 0.25) is 0 Å². The Morgan fingerprint density at radius 2 is 1.12 bits per heavy atom. The lowest BCUT2D eigenvalue weighted by atomic mass is 9.68. The molecule has 0 amide bonds. The molecule has 2 atom stereocenters. The second kappa shape index (κ2) is 18.8. The third kappa shape index (κ3) is 12.3. The molecule has 0 aliphatic rings. The summed E-state index contributed by atoms with van der Waals surface area (Å²) in [6.45, 7) is 6.32. The first-order valence-electron chi connectivity index (χ1n) is 14.5. The van der Waals surface area contributed by atoms with Crippen molar-refractivity contribution in [1.82, 2.24) is 0 Å². The SMILES string of the molecule is CCCCCCCCCCCCCCCCCC(c1ccc(O)cc1)C(C)(CCCC)C(=O)O. The first kappa shape index (κ1) is 30.5. The number of unbranched alkanes of at least 4 members (excludes halogenated alkanes) is 15. The summed E-state index contributed by atoms with van der Waals surface area (Å²) in [6.07, 6.45) is 23.6. The number of rotatable bonds is 22. The maximum Gasteiger partial charge on any atom is 0.309 e. The Kier molecular flexibility index (Phi) is 16.9. The molecule has 34 heavy (non-hydrogen) atoms. The Balaban J connectivity index is 2.31. The molecule has 1 rings (SSSR count). The predicted molar refractivity (Wildman–Crippen MR) is 146 cm³/mol. The highest BCUT2D eigenvalue weighted by Gasteiger charge is 2.41. The third-order valence-electron chi connectivity index (χ3n) is 7.70. The van der Waals surface area contributed by atoms with E-state index in [-0.39, 0.29) is 11.7 Å². The highest BCUT2D eigenvalue weighted by molar-refractivity contribution is 5.75. The minimum absolute atomic E-state index is 0.0147. The smallest absolute Gasteiger partial charge is 0.309 e.